The summed E-state index contributed by atoms with van der Waals surface area (Å²) in [7, 11) is 1.38. The van der Waals surface area contributed by atoms with E-state index in [0.717, 1.165) is 40.1 Å². The van der Waals surface area contributed by atoms with Crippen molar-refractivity contribution in [2.45, 2.75) is 37.7 Å². The normalized spacial score (nSPS) is 17.9. The molecule has 0 amide bonds. The van der Waals surface area contributed by atoms with E-state index in [1.165, 1.54) is 13.5 Å². The number of halogens is 1. The fourth-order valence-corrected chi connectivity index (χ4v) is 6.66. The Bertz CT molecular complexity index is 692. The summed E-state index contributed by atoms with van der Waals surface area (Å²) in [4.78, 5) is 11.6. The second-order valence-corrected chi connectivity index (χ2v) is 8.30. The summed E-state index contributed by atoms with van der Waals surface area (Å²) >= 11 is 3.63. The van der Waals surface area contributed by atoms with Crippen LogP contribution in [0.5, 0.6) is 0 Å². The second-order valence-electron chi connectivity index (χ2n) is 5.45. The Morgan fingerprint density at radius 2 is 2.10 bits per heavy atom. The Kier molecular flexibility index (Phi) is 4.23. The molecular formula is C15H17BrNO3Se+. The number of fused-ring (bicyclic) bond motifs is 1. The van der Waals surface area contributed by atoms with E-state index < -0.39 is 5.60 Å². The molecule has 6 heteroatoms. The van der Waals surface area contributed by atoms with Gasteiger partial charge in [-0.25, -0.2) is 0 Å². The Hall–Kier alpha value is -0.681. The standard InChI is InChI=1S/C15H17BrNO3Se/c1-20-14(18)10-5-6-11-12(16)13(21-17(11)9-10)15(19)7-3-2-4-8-15/h5-6,9,19H,2-4,7-8H2,1H3/q+1. The second kappa shape index (κ2) is 5.84. The van der Waals surface area contributed by atoms with Crippen LogP contribution < -0.4 is 3.40 Å². The van der Waals surface area contributed by atoms with Crippen molar-refractivity contribution in [3.8, 4) is 0 Å². The summed E-state index contributed by atoms with van der Waals surface area (Å²) in [5.74, 6) is -0.331. The number of hydrogen-bond acceptors (Lipinski definition) is 3. The van der Waals surface area contributed by atoms with Crippen molar-refractivity contribution >= 4 is 42.1 Å². The predicted molar refractivity (Wildman–Crippen MR) is 82.6 cm³/mol. The molecule has 1 N–H and O–H groups in total. The molecule has 1 aliphatic carbocycles. The first-order chi connectivity index (χ1) is 10.0. The molecule has 3 rings (SSSR count). The van der Waals surface area contributed by atoms with Crippen molar-refractivity contribution in [2.24, 2.45) is 0 Å². The number of aromatic nitrogens is 1. The van der Waals surface area contributed by atoms with Crippen LogP contribution in [0.25, 0.3) is 5.52 Å². The summed E-state index contributed by atoms with van der Waals surface area (Å²) in [5, 5.41) is 11.0. The number of aliphatic hydroxyl groups is 1. The molecule has 2 heterocycles. The summed E-state index contributed by atoms with van der Waals surface area (Å²) < 4.78 is 8.91. The summed E-state index contributed by atoms with van der Waals surface area (Å²) in [5.41, 5.74) is 0.881. The van der Waals surface area contributed by atoms with Crippen LogP contribution >= 0.6 is 15.9 Å². The average molecular weight is 418 g/mol. The molecule has 0 saturated heterocycles. The molecular weight excluding hydrogens is 401 g/mol. The zero-order valence-electron chi connectivity index (χ0n) is 11.8. The number of rotatable bonds is 2. The van der Waals surface area contributed by atoms with E-state index in [2.05, 4.69) is 19.3 Å². The molecule has 0 bridgehead atoms. The molecule has 0 atom stereocenters. The van der Waals surface area contributed by atoms with Crippen LogP contribution in [0, 0.1) is 0 Å². The molecule has 0 unspecified atom stereocenters. The van der Waals surface area contributed by atoms with Crippen molar-refractivity contribution in [1.82, 2.24) is 0 Å². The number of carbonyl (C=O) groups excluding carboxylic acids is 1. The first kappa shape index (κ1) is 15.2. The van der Waals surface area contributed by atoms with Crippen LogP contribution in [0.4, 0.5) is 0 Å². The minimum atomic E-state index is -0.686. The Morgan fingerprint density at radius 1 is 1.38 bits per heavy atom. The van der Waals surface area contributed by atoms with Crippen LogP contribution in [0.3, 0.4) is 0 Å². The van der Waals surface area contributed by atoms with E-state index >= 15 is 0 Å². The van der Waals surface area contributed by atoms with Gasteiger partial charge in [0.1, 0.15) is 0 Å². The maximum absolute atomic E-state index is 11.6. The zero-order chi connectivity index (χ0) is 15.0. The van der Waals surface area contributed by atoms with E-state index in [1.54, 1.807) is 6.07 Å². The van der Waals surface area contributed by atoms with Gasteiger partial charge in [-0.3, -0.25) is 0 Å². The number of nitrogens with zero attached hydrogens (tertiary/aromatic N) is 1. The molecule has 1 saturated carbocycles. The van der Waals surface area contributed by atoms with Gasteiger partial charge in [-0.1, -0.05) is 0 Å². The van der Waals surface area contributed by atoms with Crippen molar-refractivity contribution < 1.29 is 18.0 Å². The monoisotopic (exact) mass is 418 g/mol. The molecule has 2 aromatic rings. The topological polar surface area (TPSA) is 50.6 Å². The number of methoxy groups -OCH3 is 1. The maximum atomic E-state index is 11.6. The average Bonchev–Trinajstić information content (AvgIpc) is 2.84. The number of esters is 1. The minimum absolute atomic E-state index is 0.0235. The fraction of sp³-hybridized carbons (Fsp3) is 0.467. The number of pyridine rings is 1. The van der Waals surface area contributed by atoms with Gasteiger partial charge in [0, 0.05) is 0 Å². The fourth-order valence-electron chi connectivity index (χ4n) is 2.87. The van der Waals surface area contributed by atoms with Crippen molar-refractivity contribution in [1.29, 1.82) is 0 Å². The third kappa shape index (κ3) is 2.70. The molecule has 0 radical (unpaired) electrons. The van der Waals surface area contributed by atoms with Crippen molar-refractivity contribution in [2.75, 3.05) is 7.11 Å². The van der Waals surface area contributed by atoms with Crippen molar-refractivity contribution in [3.63, 3.8) is 0 Å². The summed E-state index contributed by atoms with van der Waals surface area (Å²) in [6.07, 6.45) is 6.83. The van der Waals surface area contributed by atoms with Crippen LogP contribution in [0.2, 0.25) is 0 Å². The van der Waals surface area contributed by atoms with Gasteiger partial charge in [0.15, 0.2) is 0 Å². The summed E-state index contributed by atoms with van der Waals surface area (Å²) in [6, 6.07) is 3.68. The molecule has 112 valence electrons. The molecule has 2 aromatic heterocycles. The molecule has 1 fully saturated rings. The van der Waals surface area contributed by atoms with Gasteiger partial charge in [-0.05, 0) is 0 Å². The van der Waals surface area contributed by atoms with Gasteiger partial charge >= 0.3 is 138 Å². The van der Waals surface area contributed by atoms with Crippen LogP contribution in [-0.2, 0) is 10.3 Å². The van der Waals surface area contributed by atoms with Gasteiger partial charge in [0.25, 0.3) is 0 Å². The first-order valence-electron chi connectivity index (χ1n) is 7.00. The number of carbonyl (C=O) groups is 1. The zero-order valence-corrected chi connectivity index (χ0v) is 15.1. The SMILES string of the molecule is COC(=O)c1ccc2c(Br)c(C3(O)CCCCC3)[se][n+]2c1. The van der Waals surface area contributed by atoms with E-state index in [9.17, 15) is 9.90 Å². The third-order valence-electron chi connectivity index (χ3n) is 4.05. The Labute approximate surface area is 137 Å². The van der Waals surface area contributed by atoms with Gasteiger partial charge in [0.2, 0.25) is 0 Å². The molecule has 0 spiro atoms. The molecule has 0 aliphatic heterocycles. The van der Waals surface area contributed by atoms with E-state index in [4.69, 9.17) is 4.74 Å². The van der Waals surface area contributed by atoms with Gasteiger partial charge in [-0.2, -0.15) is 0 Å². The Balaban J connectivity index is 2.08. The van der Waals surface area contributed by atoms with Gasteiger partial charge < -0.3 is 0 Å². The van der Waals surface area contributed by atoms with E-state index in [-0.39, 0.29) is 20.7 Å². The van der Waals surface area contributed by atoms with Gasteiger partial charge in [0.05, 0.1) is 0 Å². The molecule has 21 heavy (non-hydrogen) atoms. The van der Waals surface area contributed by atoms with Gasteiger partial charge in [-0.15, -0.1) is 0 Å². The molecule has 4 nitrogen and oxygen atoms in total. The quantitative estimate of drug-likeness (QED) is 0.601. The van der Waals surface area contributed by atoms with Crippen LogP contribution in [0.15, 0.2) is 22.8 Å². The Morgan fingerprint density at radius 3 is 2.76 bits per heavy atom. The predicted octanol–water partition coefficient (Wildman–Crippen LogP) is 2.18. The summed E-state index contributed by atoms with van der Waals surface area (Å²) in [6.45, 7) is 0. The van der Waals surface area contributed by atoms with E-state index in [0.29, 0.717) is 5.56 Å². The molecule has 1 aliphatic rings. The first-order valence-corrected chi connectivity index (χ1v) is 9.42. The molecule has 0 aromatic carbocycles. The van der Waals surface area contributed by atoms with Crippen LogP contribution in [0.1, 0.15) is 46.9 Å². The van der Waals surface area contributed by atoms with Crippen molar-refractivity contribution in [3.05, 3.63) is 32.8 Å². The van der Waals surface area contributed by atoms with Crippen LogP contribution in [-0.4, -0.2) is 32.9 Å². The number of hydrogen-bond donors (Lipinski definition) is 1. The third-order valence-corrected chi connectivity index (χ3v) is 8.10. The number of ether oxygens (including phenoxy) is 1. The van der Waals surface area contributed by atoms with E-state index in [1.807, 2.05) is 12.3 Å².